The molecule has 0 radical (unpaired) electrons. The first kappa shape index (κ1) is 12.6. The van der Waals surface area contributed by atoms with E-state index in [0.29, 0.717) is 0 Å². The molecule has 0 fully saturated rings. The molecule has 0 aliphatic heterocycles. The minimum absolute atomic E-state index is 0.0597. The molecule has 1 unspecified atom stereocenters. The Hall–Kier alpha value is -2.12. The number of hydrogen-bond acceptors (Lipinski definition) is 1. The zero-order valence-corrected chi connectivity index (χ0v) is 12.3. The lowest BCUT2D eigenvalue weighted by atomic mass is 9.92. The van der Waals surface area contributed by atoms with Gasteiger partial charge in [-0.25, -0.2) is 0 Å². The Morgan fingerprint density at radius 1 is 0.857 bits per heavy atom. The molecule has 0 amide bonds. The highest BCUT2D eigenvalue weighted by atomic mass is 14.6. The van der Waals surface area contributed by atoms with Crippen molar-refractivity contribution in [1.82, 2.24) is 0 Å². The van der Waals surface area contributed by atoms with Crippen molar-refractivity contribution in [1.29, 1.82) is 0 Å². The fourth-order valence-electron chi connectivity index (χ4n) is 3.49. The van der Waals surface area contributed by atoms with Crippen molar-refractivity contribution in [2.24, 2.45) is 5.73 Å². The van der Waals surface area contributed by atoms with E-state index in [1.807, 2.05) is 0 Å². The SMILES string of the molecule is Cc1ccc(C(N)c2ccc3c4c(cccc24)CC3)cc1. The second-order valence-electron chi connectivity index (χ2n) is 6.04. The Morgan fingerprint density at radius 3 is 2.33 bits per heavy atom. The molecule has 0 heterocycles. The van der Waals surface area contributed by atoms with Crippen LogP contribution in [0.2, 0.25) is 0 Å². The van der Waals surface area contributed by atoms with Crippen LogP contribution >= 0.6 is 0 Å². The van der Waals surface area contributed by atoms with Crippen molar-refractivity contribution in [3.63, 3.8) is 0 Å². The second-order valence-corrected chi connectivity index (χ2v) is 6.04. The highest BCUT2D eigenvalue weighted by Crippen LogP contribution is 2.35. The van der Waals surface area contributed by atoms with Gasteiger partial charge in [0.25, 0.3) is 0 Å². The Morgan fingerprint density at radius 2 is 1.57 bits per heavy atom. The topological polar surface area (TPSA) is 26.0 Å². The van der Waals surface area contributed by atoms with Crippen LogP contribution in [0.1, 0.15) is 33.9 Å². The monoisotopic (exact) mass is 273 g/mol. The van der Waals surface area contributed by atoms with Gasteiger partial charge >= 0.3 is 0 Å². The smallest absolute Gasteiger partial charge is 0.0557 e. The van der Waals surface area contributed by atoms with E-state index in [1.165, 1.54) is 38.6 Å². The van der Waals surface area contributed by atoms with Gasteiger partial charge in [0.2, 0.25) is 0 Å². The molecule has 104 valence electrons. The van der Waals surface area contributed by atoms with Gasteiger partial charge < -0.3 is 5.73 Å². The number of hydrogen-bond donors (Lipinski definition) is 1. The zero-order chi connectivity index (χ0) is 14.4. The predicted molar refractivity (Wildman–Crippen MR) is 88.6 cm³/mol. The third kappa shape index (κ3) is 1.97. The third-order valence-corrected chi connectivity index (χ3v) is 4.68. The Balaban J connectivity index is 1.89. The van der Waals surface area contributed by atoms with E-state index in [4.69, 9.17) is 5.73 Å². The zero-order valence-electron chi connectivity index (χ0n) is 12.3. The minimum atomic E-state index is -0.0597. The number of nitrogens with two attached hydrogens (primary N) is 1. The molecule has 0 saturated heterocycles. The Labute approximate surface area is 125 Å². The van der Waals surface area contributed by atoms with Crippen molar-refractivity contribution in [3.05, 3.63) is 82.4 Å². The van der Waals surface area contributed by atoms with Crippen LogP contribution in [0.25, 0.3) is 10.8 Å². The summed E-state index contributed by atoms with van der Waals surface area (Å²) < 4.78 is 0. The van der Waals surface area contributed by atoms with Crippen LogP contribution in [0.5, 0.6) is 0 Å². The maximum atomic E-state index is 6.55. The lowest BCUT2D eigenvalue weighted by Crippen LogP contribution is -2.12. The summed E-state index contributed by atoms with van der Waals surface area (Å²) in [5.41, 5.74) is 13.2. The molecule has 1 atom stereocenters. The molecule has 3 aromatic carbocycles. The van der Waals surface area contributed by atoms with Gasteiger partial charge in [0, 0.05) is 0 Å². The normalized spacial score (nSPS) is 14.6. The highest BCUT2D eigenvalue weighted by Gasteiger charge is 2.19. The molecule has 0 aromatic heterocycles. The summed E-state index contributed by atoms with van der Waals surface area (Å²) in [7, 11) is 0. The minimum Gasteiger partial charge on any atom is -0.320 e. The fraction of sp³-hybridized carbons (Fsp3) is 0.200. The average molecular weight is 273 g/mol. The quantitative estimate of drug-likeness (QED) is 0.740. The predicted octanol–water partition coefficient (Wildman–Crippen LogP) is 4.29. The molecule has 4 rings (SSSR count). The lowest BCUT2D eigenvalue weighted by molar-refractivity contribution is 0.879. The molecular formula is C20H19N. The van der Waals surface area contributed by atoms with E-state index in [2.05, 4.69) is 61.5 Å². The Kier molecular flexibility index (Phi) is 2.83. The summed E-state index contributed by atoms with van der Waals surface area (Å²) in [6.45, 7) is 2.11. The van der Waals surface area contributed by atoms with Gasteiger partial charge in [-0.3, -0.25) is 0 Å². The molecule has 1 aliphatic carbocycles. The van der Waals surface area contributed by atoms with E-state index >= 15 is 0 Å². The van der Waals surface area contributed by atoms with Crippen LogP contribution in [-0.4, -0.2) is 0 Å². The molecule has 2 N–H and O–H groups in total. The molecule has 0 saturated carbocycles. The van der Waals surface area contributed by atoms with Gasteiger partial charge in [-0.1, -0.05) is 60.2 Å². The van der Waals surface area contributed by atoms with Crippen molar-refractivity contribution in [2.75, 3.05) is 0 Å². The first-order chi connectivity index (χ1) is 10.2. The standard InChI is InChI=1S/C20H19N/c1-13-5-7-16(8-6-13)20(21)18-12-11-15-10-9-14-3-2-4-17(18)19(14)15/h2-8,11-12,20H,9-10,21H2,1H3. The summed E-state index contributed by atoms with van der Waals surface area (Å²) in [5.74, 6) is 0. The summed E-state index contributed by atoms with van der Waals surface area (Å²) >= 11 is 0. The lowest BCUT2D eigenvalue weighted by Gasteiger charge is -2.16. The van der Waals surface area contributed by atoms with Gasteiger partial charge in [-0.05, 0) is 52.8 Å². The van der Waals surface area contributed by atoms with Gasteiger partial charge in [0.05, 0.1) is 6.04 Å². The Bertz CT molecular complexity index is 805. The van der Waals surface area contributed by atoms with Crippen molar-refractivity contribution in [3.8, 4) is 0 Å². The molecule has 3 aromatic rings. The molecule has 21 heavy (non-hydrogen) atoms. The second kappa shape index (κ2) is 4.71. The van der Waals surface area contributed by atoms with Gasteiger partial charge in [-0.15, -0.1) is 0 Å². The highest BCUT2D eigenvalue weighted by molar-refractivity contribution is 5.93. The van der Waals surface area contributed by atoms with Crippen LogP contribution in [0.3, 0.4) is 0 Å². The maximum absolute atomic E-state index is 6.55. The van der Waals surface area contributed by atoms with Gasteiger partial charge in [0.1, 0.15) is 0 Å². The molecule has 0 bridgehead atoms. The van der Waals surface area contributed by atoms with Crippen molar-refractivity contribution < 1.29 is 0 Å². The van der Waals surface area contributed by atoms with Crippen molar-refractivity contribution in [2.45, 2.75) is 25.8 Å². The largest absolute Gasteiger partial charge is 0.320 e. The van der Waals surface area contributed by atoms with E-state index < -0.39 is 0 Å². The number of rotatable bonds is 2. The number of aryl methyl sites for hydroxylation is 3. The van der Waals surface area contributed by atoms with E-state index in [0.717, 1.165) is 12.8 Å². The van der Waals surface area contributed by atoms with Crippen LogP contribution in [0.15, 0.2) is 54.6 Å². The average Bonchev–Trinajstić information content (AvgIpc) is 2.93. The molecular weight excluding hydrogens is 254 g/mol. The summed E-state index contributed by atoms with van der Waals surface area (Å²) in [5, 5.41) is 2.77. The van der Waals surface area contributed by atoms with Crippen LogP contribution in [-0.2, 0) is 12.8 Å². The molecule has 0 spiro atoms. The molecule has 1 aliphatic rings. The summed E-state index contributed by atoms with van der Waals surface area (Å²) in [6, 6.07) is 19.6. The van der Waals surface area contributed by atoms with Crippen LogP contribution < -0.4 is 5.73 Å². The van der Waals surface area contributed by atoms with E-state index in [-0.39, 0.29) is 6.04 Å². The van der Waals surface area contributed by atoms with Gasteiger partial charge in [0.15, 0.2) is 0 Å². The third-order valence-electron chi connectivity index (χ3n) is 4.68. The van der Waals surface area contributed by atoms with Crippen LogP contribution in [0.4, 0.5) is 0 Å². The van der Waals surface area contributed by atoms with E-state index in [9.17, 15) is 0 Å². The summed E-state index contributed by atoms with van der Waals surface area (Å²) in [4.78, 5) is 0. The maximum Gasteiger partial charge on any atom is 0.0557 e. The summed E-state index contributed by atoms with van der Waals surface area (Å²) in [6.07, 6.45) is 2.33. The van der Waals surface area contributed by atoms with E-state index in [1.54, 1.807) is 0 Å². The molecule has 1 nitrogen and oxygen atoms in total. The molecule has 1 heteroatoms. The van der Waals surface area contributed by atoms with Crippen molar-refractivity contribution >= 4 is 10.8 Å². The fourth-order valence-corrected chi connectivity index (χ4v) is 3.49. The number of benzene rings is 3. The first-order valence-electron chi connectivity index (χ1n) is 7.59. The van der Waals surface area contributed by atoms with Gasteiger partial charge in [-0.2, -0.15) is 0 Å². The van der Waals surface area contributed by atoms with Crippen LogP contribution in [0, 0.1) is 6.92 Å². The first-order valence-corrected chi connectivity index (χ1v) is 7.59.